The Morgan fingerprint density at radius 2 is 2.00 bits per heavy atom. The average Bonchev–Trinajstić information content (AvgIpc) is 2.26. The molecule has 0 saturated heterocycles. The fourth-order valence-corrected chi connectivity index (χ4v) is 2.20. The molecule has 1 atom stereocenters. The van der Waals surface area contributed by atoms with Crippen LogP contribution in [0, 0.1) is 5.41 Å². The van der Waals surface area contributed by atoms with Gasteiger partial charge in [-0.25, -0.2) is 0 Å². The lowest BCUT2D eigenvalue weighted by Crippen LogP contribution is -2.44. The lowest BCUT2D eigenvalue weighted by Gasteiger charge is -2.33. The van der Waals surface area contributed by atoms with Crippen molar-refractivity contribution in [3.05, 3.63) is 0 Å². The van der Waals surface area contributed by atoms with E-state index in [-0.39, 0.29) is 11.9 Å². The van der Waals surface area contributed by atoms with Crippen LogP contribution in [0.3, 0.4) is 0 Å². The lowest BCUT2D eigenvalue weighted by molar-refractivity contribution is -0.123. The predicted octanol–water partition coefficient (Wildman–Crippen LogP) is 1.81. The van der Waals surface area contributed by atoms with Gasteiger partial charge >= 0.3 is 0 Å². The highest BCUT2D eigenvalue weighted by Gasteiger charge is 2.27. The number of hydrogen-bond donors (Lipinski definition) is 2. The minimum absolute atomic E-state index is 0.00398. The van der Waals surface area contributed by atoms with E-state index in [1.54, 1.807) is 0 Å². The summed E-state index contributed by atoms with van der Waals surface area (Å²) in [6.45, 7) is 5.00. The molecular weight excluding hydrogens is 188 g/mol. The van der Waals surface area contributed by atoms with Crippen molar-refractivity contribution in [1.29, 1.82) is 0 Å². The van der Waals surface area contributed by atoms with Gasteiger partial charge in [0.1, 0.15) is 0 Å². The molecule has 0 aromatic rings. The zero-order valence-corrected chi connectivity index (χ0v) is 10.0. The van der Waals surface area contributed by atoms with Gasteiger partial charge in [0.15, 0.2) is 0 Å². The van der Waals surface area contributed by atoms with Crippen molar-refractivity contribution in [3.63, 3.8) is 0 Å². The summed E-state index contributed by atoms with van der Waals surface area (Å²) in [4.78, 5) is 11.5. The van der Waals surface area contributed by atoms with E-state index in [9.17, 15) is 4.79 Å². The first-order valence-corrected chi connectivity index (χ1v) is 6.11. The van der Waals surface area contributed by atoms with E-state index in [1.807, 2.05) is 6.92 Å². The van der Waals surface area contributed by atoms with Crippen molar-refractivity contribution >= 4 is 5.91 Å². The van der Waals surface area contributed by atoms with Gasteiger partial charge in [0.25, 0.3) is 0 Å². The van der Waals surface area contributed by atoms with E-state index in [4.69, 9.17) is 5.73 Å². The molecule has 1 saturated carbocycles. The van der Waals surface area contributed by atoms with Crippen LogP contribution in [-0.2, 0) is 4.79 Å². The molecule has 1 aliphatic rings. The SMILES string of the molecule is CC[C@H](N)C(=O)NCC1(C)CCCCC1. The predicted molar refractivity (Wildman–Crippen MR) is 62.5 cm³/mol. The van der Waals surface area contributed by atoms with E-state index in [0.29, 0.717) is 11.8 Å². The Balaban J connectivity index is 2.31. The maximum absolute atomic E-state index is 11.5. The van der Waals surface area contributed by atoms with Crippen molar-refractivity contribution in [2.45, 2.75) is 58.4 Å². The number of carbonyl (C=O) groups excluding carboxylic acids is 1. The van der Waals surface area contributed by atoms with Crippen LogP contribution in [0.5, 0.6) is 0 Å². The maximum atomic E-state index is 11.5. The highest BCUT2D eigenvalue weighted by atomic mass is 16.2. The van der Waals surface area contributed by atoms with Crippen LogP contribution in [-0.4, -0.2) is 18.5 Å². The van der Waals surface area contributed by atoms with E-state index in [2.05, 4.69) is 12.2 Å². The fourth-order valence-electron chi connectivity index (χ4n) is 2.20. The molecule has 1 aliphatic carbocycles. The summed E-state index contributed by atoms with van der Waals surface area (Å²) >= 11 is 0. The summed E-state index contributed by atoms with van der Waals surface area (Å²) in [7, 11) is 0. The van der Waals surface area contributed by atoms with Crippen LogP contribution in [0.2, 0.25) is 0 Å². The standard InChI is InChI=1S/C12H24N2O/c1-3-10(13)11(15)14-9-12(2)7-5-4-6-8-12/h10H,3-9,13H2,1-2H3,(H,14,15)/t10-/m0/s1. The van der Waals surface area contributed by atoms with Gasteiger partial charge in [0, 0.05) is 6.54 Å². The van der Waals surface area contributed by atoms with Gasteiger partial charge in [-0.15, -0.1) is 0 Å². The molecule has 0 spiro atoms. The van der Waals surface area contributed by atoms with Crippen molar-refractivity contribution in [3.8, 4) is 0 Å². The number of carbonyl (C=O) groups is 1. The van der Waals surface area contributed by atoms with Gasteiger partial charge in [-0.3, -0.25) is 4.79 Å². The number of nitrogens with one attached hydrogen (secondary N) is 1. The maximum Gasteiger partial charge on any atom is 0.236 e. The smallest absolute Gasteiger partial charge is 0.236 e. The second-order valence-electron chi connectivity index (χ2n) is 5.10. The van der Waals surface area contributed by atoms with Gasteiger partial charge in [-0.2, -0.15) is 0 Å². The fraction of sp³-hybridized carbons (Fsp3) is 0.917. The molecule has 0 aromatic heterocycles. The van der Waals surface area contributed by atoms with E-state index < -0.39 is 0 Å². The summed E-state index contributed by atoms with van der Waals surface area (Å²) in [6.07, 6.45) is 7.11. The Labute approximate surface area is 92.8 Å². The molecule has 0 radical (unpaired) electrons. The average molecular weight is 212 g/mol. The molecule has 1 fully saturated rings. The van der Waals surface area contributed by atoms with Gasteiger partial charge < -0.3 is 11.1 Å². The summed E-state index contributed by atoms with van der Waals surface area (Å²) in [5.41, 5.74) is 5.97. The number of hydrogen-bond acceptors (Lipinski definition) is 2. The Kier molecular flexibility index (Phi) is 4.58. The van der Waals surface area contributed by atoms with Crippen molar-refractivity contribution < 1.29 is 4.79 Å². The van der Waals surface area contributed by atoms with Crippen LogP contribution in [0.1, 0.15) is 52.4 Å². The zero-order valence-electron chi connectivity index (χ0n) is 10.0. The van der Waals surface area contributed by atoms with Gasteiger partial charge in [0.2, 0.25) is 5.91 Å². The van der Waals surface area contributed by atoms with Crippen molar-refractivity contribution in [2.24, 2.45) is 11.1 Å². The topological polar surface area (TPSA) is 55.1 Å². The normalized spacial score (nSPS) is 22.1. The van der Waals surface area contributed by atoms with Crippen LogP contribution in [0.15, 0.2) is 0 Å². The molecule has 3 N–H and O–H groups in total. The summed E-state index contributed by atoms with van der Waals surface area (Å²) in [5.74, 6) is 0.00398. The first-order chi connectivity index (χ1) is 7.07. The van der Waals surface area contributed by atoms with Crippen LogP contribution < -0.4 is 11.1 Å². The van der Waals surface area contributed by atoms with Gasteiger partial charge in [0.05, 0.1) is 6.04 Å². The van der Waals surface area contributed by atoms with Crippen molar-refractivity contribution in [2.75, 3.05) is 6.54 Å². The number of rotatable bonds is 4. The highest BCUT2D eigenvalue weighted by molar-refractivity contribution is 5.81. The minimum atomic E-state index is -0.336. The van der Waals surface area contributed by atoms with Gasteiger partial charge in [-0.05, 0) is 24.7 Å². The van der Waals surface area contributed by atoms with E-state index >= 15 is 0 Å². The molecule has 0 unspecified atom stereocenters. The highest BCUT2D eigenvalue weighted by Crippen LogP contribution is 2.34. The summed E-state index contributed by atoms with van der Waals surface area (Å²) in [5, 5.41) is 2.98. The van der Waals surface area contributed by atoms with Crippen LogP contribution >= 0.6 is 0 Å². The second kappa shape index (κ2) is 5.50. The molecule has 0 bridgehead atoms. The Hall–Kier alpha value is -0.570. The number of nitrogens with two attached hydrogens (primary N) is 1. The molecule has 1 rings (SSSR count). The molecule has 1 amide bonds. The minimum Gasteiger partial charge on any atom is -0.354 e. The summed E-state index contributed by atoms with van der Waals surface area (Å²) in [6, 6.07) is -0.336. The van der Waals surface area contributed by atoms with Crippen molar-refractivity contribution in [1.82, 2.24) is 5.32 Å². The molecule has 0 aromatic carbocycles. The summed E-state index contributed by atoms with van der Waals surface area (Å²) < 4.78 is 0. The zero-order chi connectivity index (χ0) is 11.3. The molecular formula is C12H24N2O. The lowest BCUT2D eigenvalue weighted by atomic mass is 9.76. The monoisotopic (exact) mass is 212 g/mol. The molecule has 3 nitrogen and oxygen atoms in total. The Bertz CT molecular complexity index is 210. The third kappa shape index (κ3) is 3.82. The molecule has 88 valence electrons. The molecule has 0 aliphatic heterocycles. The molecule has 0 heterocycles. The number of amides is 1. The third-order valence-corrected chi connectivity index (χ3v) is 3.53. The first-order valence-electron chi connectivity index (χ1n) is 6.11. The second-order valence-corrected chi connectivity index (χ2v) is 5.10. The molecule has 15 heavy (non-hydrogen) atoms. The van der Waals surface area contributed by atoms with E-state index in [1.165, 1.54) is 32.1 Å². The molecule has 3 heteroatoms. The Morgan fingerprint density at radius 3 is 2.53 bits per heavy atom. The first kappa shape index (κ1) is 12.5. The quantitative estimate of drug-likeness (QED) is 0.746. The van der Waals surface area contributed by atoms with Crippen LogP contribution in [0.4, 0.5) is 0 Å². The van der Waals surface area contributed by atoms with Crippen LogP contribution in [0.25, 0.3) is 0 Å². The largest absolute Gasteiger partial charge is 0.354 e. The Morgan fingerprint density at radius 1 is 1.40 bits per heavy atom. The van der Waals surface area contributed by atoms with E-state index in [0.717, 1.165) is 6.54 Å². The third-order valence-electron chi connectivity index (χ3n) is 3.53. The van der Waals surface area contributed by atoms with Gasteiger partial charge in [-0.1, -0.05) is 33.1 Å².